The second-order valence-corrected chi connectivity index (χ2v) is 4.91. The summed E-state index contributed by atoms with van der Waals surface area (Å²) in [6, 6.07) is 1.80. The first-order valence-electron chi connectivity index (χ1n) is 6.99. The van der Waals surface area contributed by atoms with E-state index in [9.17, 15) is 4.79 Å². The first kappa shape index (κ1) is 15.0. The highest BCUT2D eigenvalue weighted by atomic mass is 16.1. The first-order valence-corrected chi connectivity index (χ1v) is 6.99. The van der Waals surface area contributed by atoms with Crippen molar-refractivity contribution in [3.05, 3.63) is 41.0 Å². The molecule has 6 heteroatoms. The molecule has 2 aromatic rings. The van der Waals surface area contributed by atoms with Crippen molar-refractivity contribution in [2.75, 3.05) is 11.9 Å². The number of hydrogen-bond acceptors (Lipinski definition) is 4. The lowest BCUT2D eigenvalue weighted by Crippen LogP contribution is -2.24. The van der Waals surface area contributed by atoms with Gasteiger partial charge < -0.3 is 10.6 Å². The molecule has 1 amide bonds. The molecule has 0 radical (unpaired) electrons. The third-order valence-corrected chi connectivity index (χ3v) is 3.52. The molecule has 6 nitrogen and oxygen atoms in total. The van der Waals surface area contributed by atoms with Gasteiger partial charge in [-0.3, -0.25) is 14.5 Å². The van der Waals surface area contributed by atoms with E-state index >= 15 is 0 Å². The first-order chi connectivity index (χ1) is 10.0. The standard InChI is InChI=1S/C15H21N5O/c1-5-17-14-6-7-16-8-13(14)15(21)18-9-12-10(2)19-20(4)11(12)3/h6-8H,5,9H2,1-4H3,(H,16,17)(H,18,21). The van der Waals surface area contributed by atoms with E-state index in [1.165, 1.54) is 0 Å². The number of carbonyl (C=O) groups excluding carboxylic acids is 1. The van der Waals surface area contributed by atoms with Crippen molar-refractivity contribution in [2.45, 2.75) is 27.3 Å². The maximum Gasteiger partial charge on any atom is 0.255 e. The fourth-order valence-corrected chi connectivity index (χ4v) is 2.26. The maximum absolute atomic E-state index is 12.3. The van der Waals surface area contributed by atoms with Gasteiger partial charge in [0, 0.05) is 43.8 Å². The van der Waals surface area contributed by atoms with Crippen molar-refractivity contribution >= 4 is 11.6 Å². The zero-order valence-electron chi connectivity index (χ0n) is 12.9. The number of amides is 1. The van der Waals surface area contributed by atoms with Crippen LogP contribution < -0.4 is 10.6 Å². The van der Waals surface area contributed by atoms with Gasteiger partial charge in [-0.15, -0.1) is 0 Å². The van der Waals surface area contributed by atoms with Gasteiger partial charge in [0.25, 0.3) is 5.91 Å². The Balaban J connectivity index is 2.12. The highest BCUT2D eigenvalue weighted by Gasteiger charge is 2.14. The molecule has 0 saturated heterocycles. The van der Waals surface area contributed by atoms with Crippen LogP contribution in [0.4, 0.5) is 5.69 Å². The average Bonchev–Trinajstić information content (AvgIpc) is 2.71. The van der Waals surface area contributed by atoms with Crippen molar-refractivity contribution in [3.63, 3.8) is 0 Å². The monoisotopic (exact) mass is 287 g/mol. The Hall–Kier alpha value is -2.37. The molecule has 0 unspecified atom stereocenters. The van der Waals surface area contributed by atoms with Gasteiger partial charge in [0.2, 0.25) is 0 Å². The number of aryl methyl sites for hydroxylation is 2. The predicted molar refractivity (Wildman–Crippen MR) is 82.3 cm³/mol. The highest BCUT2D eigenvalue weighted by molar-refractivity contribution is 5.99. The van der Waals surface area contributed by atoms with Gasteiger partial charge >= 0.3 is 0 Å². The number of pyridine rings is 1. The van der Waals surface area contributed by atoms with Gasteiger partial charge in [0.15, 0.2) is 0 Å². The molecule has 0 aliphatic carbocycles. The molecule has 112 valence electrons. The Morgan fingerprint density at radius 1 is 1.38 bits per heavy atom. The molecule has 0 fully saturated rings. The molecule has 0 aliphatic rings. The molecule has 0 saturated carbocycles. The number of aromatic nitrogens is 3. The van der Waals surface area contributed by atoms with Gasteiger partial charge in [0.05, 0.1) is 16.9 Å². The van der Waals surface area contributed by atoms with Crippen molar-refractivity contribution in [2.24, 2.45) is 7.05 Å². The summed E-state index contributed by atoms with van der Waals surface area (Å²) in [6.07, 6.45) is 3.25. The number of nitrogens with zero attached hydrogens (tertiary/aromatic N) is 3. The molecule has 2 rings (SSSR count). The van der Waals surface area contributed by atoms with Crippen LogP contribution in [0.15, 0.2) is 18.5 Å². The topological polar surface area (TPSA) is 71.8 Å². The summed E-state index contributed by atoms with van der Waals surface area (Å²) in [4.78, 5) is 16.4. The lowest BCUT2D eigenvalue weighted by molar-refractivity contribution is 0.0951. The van der Waals surface area contributed by atoms with E-state index in [2.05, 4.69) is 20.7 Å². The van der Waals surface area contributed by atoms with E-state index in [4.69, 9.17) is 0 Å². The SMILES string of the molecule is CCNc1ccncc1C(=O)NCc1c(C)nn(C)c1C. The van der Waals surface area contributed by atoms with Crippen molar-refractivity contribution in [1.29, 1.82) is 0 Å². The molecule has 2 aromatic heterocycles. The average molecular weight is 287 g/mol. The lowest BCUT2D eigenvalue weighted by Gasteiger charge is -2.10. The predicted octanol–water partition coefficient (Wildman–Crippen LogP) is 1.79. The second-order valence-electron chi connectivity index (χ2n) is 4.91. The highest BCUT2D eigenvalue weighted by Crippen LogP contribution is 2.15. The van der Waals surface area contributed by atoms with Crippen molar-refractivity contribution in [1.82, 2.24) is 20.1 Å². The fourth-order valence-electron chi connectivity index (χ4n) is 2.26. The van der Waals surface area contributed by atoms with Crippen LogP contribution in [0, 0.1) is 13.8 Å². The molecular formula is C15H21N5O. The summed E-state index contributed by atoms with van der Waals surface area (Å²) >= 11 is 0. The summed E-state index contributed by atoms with van der Waals surface area (Å²) in [5.74, 6) is -0.137. The van der Waals surface area contributed by atoms with Crippen LogP contribution in [0.25, 0.3) is 0 Å². The van der Waals surface area contributed by atoms with Gasteiger partial charge in [-0.1, -0.05) is 0 Å². The normalized spacial score (nSPS) is 10.5. The Morgan fingerprint density at radius 2 is 2.14 bits per heavy atom. The Bertz CT molecular complexity index is 648. The third kappa shape index (κ3) is 3.21. The summed E-state index contributed by atoms with van der Waals surface area (Å²) in [5, 5.41) is 10.5. The van der Waals surface area contributed by atoms with Crippen LogP contribution in [-0.4, -0.2) is 27.2 Å². The summed E-state index contributed by atoms with van der Waals surface area (Å²) in [7, 11) is 1.90. The molecular weight excluding hydrogens is 266 g/mol. The number of anilines is 1. The van der Waals surface area contributed by atoms with Gasteiger partial charge in [-0.05, 0) is 26.8 Å². The second kappa shape index (κ2) is 6.39. The van der Waals surface area contributed by atoms with Crippen molar-refractivity contribution in [3.8, 4) is 0 Å². The molecule has 0 aliphatic heterocycles. The Kier molecular flexibility index (Phi) is 4.57. The van der Waals surface area contributed by atoms with E-state index < -0.39 is 0 Å². The van der Waals surface area contributed by atoms with Crippen LogP contribution in [0.5, 0.6) is 0 Å². The quantitative estimate of drug-likeness (QED) is 0.879. The van der Waals surface area contributed by atoms with Gasteiger partial charge in [-0.2, -0.15) is 5.10 Å². The van der Waals surface area contributed by atoms with E-state index in [1.807, 2.05) is 32.5 Å². The van der Waals surface area contributed by atoms with Crippen LogP contribution in [0.3, 0.4) is 0 Å². The lowest BCUT2D eigenvalue weighted by atomic mass is 10.1. The van der Waals surface area contributed by atoms with Crippen LogP contribution in [0.1, 0.15) is 34.2 Å². The minimum absolute atomic E-state index is 0.137. The van der Waals surface area contributed by atoms with Crippen molar-refractivity contribution < 1.29 is 4.79 Å². The minimum Gasteiger partial charge on any atom is -0.385 e. The summed E-state index contributed by atoms with van der Waals surface area (Å²) in [5.41, 5.74) is 4.40. The smallest absolute Gasteiger partial charge is 0.255 e. The number of nitrogens with one attached hydrogen (secondary N) is 2. The fraction of sp³-hybridized carbons (Fsp3) is 0.400. The van der Waals surface area contributed by atoms with E-state index in [-0.39, 0.29) is 5.91 Å². The Morgan fingerprint density at radius 3 is 2.76 bits per heavy atom. The largest absolute Gasteiger partial charge is 0.385 e. The molecule has 2 N–H and O–H groups in total. The Labute approximate surface area is 124 Å². The maximum atomic E-state index is 12.3. The zero-order chi connectivity index (χ0) is 15.4. The molecule has 0 aromatic carbocycles. The molecule has 0 bridgehead atoms. The van der Waals surface area contributed by atoms with E-state index in [0.29, 0.717) is 12.1 Å². The van der Waals surface area contributed by atoms with Crippen LogP contribution in [0.2, 0.25) is 0 Å². The number of hydrogen-bond donors (Lipinski definition) is 2. The molecule has 2 heterocycles. The van der Waals surface area contributed by atoms with Crippen LogP contribution in [-0.2, 0) is 13.6 Å². The summed E-state index contributed by atoms with van der Waals surface area (Å²) in [6.45, 7) is 7.15. The zero-order valence-corrected chi connectivity index (χ0v) is 12.9. The van der Waals surface area contributed by atoms with E-state index in [1.54, 1.807) is 18.5 Å². The third-order valence-electron chi connectivity index (χ3n) is 3.52. The van der Waals surface area contributed by atoms with Gasteiger partial charge in [-0.25, -0.2) is 0 Å². The number of rotatable bonds is 5. The summed E-state index contributed by atoms with van der Waals surface area (Å²) < 4.78 is 1.82. The molecule has 0 spiro atoms. The van der Waals surface area contributed by atoms with Crippen LogP contribution >= 0.6 is 0 Å². The molecule has 21 heavy (non-hydrogen) atoms. The van der Waals surface area contributed by atoms with E-state index in [0.717, 1.165) is 29.2 Å². The minimum atomic E-state index is -0.137. The number of carbonyl (C=O) groups is 1. The van der Waals surface area contributed by atoms with Gasteiger partial charge in [0.1, 0.15) is 0 Å². The molecule has 0 atom stereocenters.